The van der Waals surface area contributed by atoms with Gasteiger partial charge in [0.25, 0.3) is 11.6 Å². The highest BCUT2D eigenvalue weighted by Gasteiger charge is 2.61. The van der Waals surface area contributed by atoms with Crippen LogP contribution in [0.4, 0.5) is 17.1 Å². The van der Waals surface area contributed by atoms with Crippen LogP contribution in [0.25, 0.3) is 10.8 Å². The molecule has 0 saturated carbocycles. The van der Waals surface area contributed by atoms with E-state index in [-0.39, 0.29) is 5.69 Å². The van der Waals surface area contributed by atoms with E-state index in [0.29, 0.717) is 16.9 Å². The van der Waals surface area contributed by atoms with E-state index >= 15 is 0 Å². The Balaban J connectivity index is 1.50. The second kappa shape index (κ2) is 8.03. The van der Waals surface area contributed by atoms with Crippen molar-refractivity contribution >= 4 is 39.6 Å². The molecule has 0 bridgehead atoms. The van der Waals surface area contributed by atoms with Crippen molar-refractivity contribution in [2.75, 3.05) is 9.96 Å². The summed E-state index contributed by atoms with van der Waals surface area (Å²) in [4.78, 5) is 46.2. The first kappa shape index (κ1) is 21.0. The Kier molecular flexibility index (Phi) is 4.82. The molecule has 0 N–H and O–H groups in total. The fourth-order valence-electron chi connectivity index (χ4n) is 5.07. The number of nitro groups is 1. The van der Waals surface area contributed by atoms with Gasteiger partial charge in [0.05, 0.1) is 21.9 Å². The van der Waals surface area contributed by atoms with Crippen LogP contribution in [0.1, 0.15) is 11.6 Å². The molecule has 2 aliphatic heterocycles. The molecule has 35 heavy (non-hydrogen) atoms. The van der Waals surface area contributed by atoms with Crippen molar-refractivity contribution in [2.24, 2.45) is 5.92 Å². The first-order valence-corrected chi connectivity index (χ1v) is 11.2. The average Bonchev–Trinajstić information content (AvgIpc) is 3.40. The second-order valence-electron chi connectivity index (χ2n) is 8.48. The summed E-state index contributed by atoms with van der Waals surface area (Å²) in [6.07, 6.45) is -1.11. The first-order valence-electron chi connectivity index (χ1n) is 11.2. The third-order valence-electron chi connectivity index (χ3n) is 6.59. The highest BCUT2D eigenvalue weighted by atomic mass is 16.7. The standard InChI is InChI=1S/C27H19N3O5/c31-26-23-24(20-14-6-7-15-22(20)30(33)34)29(18-11-2-1-3-12-18)35-25(23)27(32)28(26)21-16-8-10-17-9-4-5-13-19(17)21/h1-16,23-25H/t23-,24+,25-/m1/s1. The number of carbonyl (C=O) groups is 2. The quantitative estimate of drug-likeness (QED) is 0.244. The van der Waals surface area contributed by atoms with Crippen LogP contribution in [0, 0.1) is 16.0 Å². The van der Waals surface area contributed by atoms with E-state index in [1.165, 1.54) is 16.0 Å². The van der Waals surface area contributed by atoms with Gasteiger partial charge in [-0.1, -0.05) is 66.7 Å². The summed E-state index contributed by atoms with van der Waals surface area (Å²) in [5.41, 5.74) is 1.26. The van der Waals surface area contributed by atoms with E-state index < -0.39 is 34.8 Å². The van der Waals surface area contributed by atoms with Crippen LogP contribution in [0.3, 0.4) is 0 Å². The monoisotopic (exact) mass is 465 g/mol. The molecule has 0 radical (unpaired) electrons. The summed E-state index contributed by atoms with van der Waals surface area (Å²) in [6, 6.07) is 27.3. The lowest BCUT2D eigenvalue weighted by molar-refractivity contribution is -0.385. The Morgan fingerprint density at radius 3 is 2.26 bits per heavy atom. The number of anilines is 2. The molecule has 8 heteroatoms. The van der Waals surface area contributed by atoms with Crippen molar-refractivity contribution in [1.29, 1.82) is 0 Å². The van der Waals surface area contributed by atoms with E-state index in [9.17, 15) is 19.7 Å². The predicted octanol–water partition coefficient (Wildman–Crippen LogP) is 4.80. The number of rotatable bonds is 4. The van der Waals surface area contributed by atoms with Crippen LogP contribution in [-0.4, -0.2) is 22.8 Å². The minimum absolute atomic E-state index is 0.133. The van der Waals surface area contributed by atoms with Gasteiger partial charge >= 0.3 is 0 Å². The third kappa shape index (κ3) is 3.18. The maximum absolute atomic E-state index is 13.9. The largest absolute Gasteiger partial charge is 0.274 e. The number of amides is 2. The number of para-hydroxylation sites is 2. The molecule has 0 unspecified atom stereocenters. The zero-order valence-corrected chi connectivity index (χ0v) is 18.4. The molecule has 2 saturated heterocycles. The van der Waals surface area contributed by atoms with E-state index in [1.54, 1.807) is 54.6 Å². The summed E-state index contributed by atoms with van der Waals surface area (Å²) in [6.45, 7) is 0. The molecular weight excluding hydrogens is 446 g/mol. The van der Waals surface area contributed by atoms with Crippen molar-refractivity contribution in [1.82, 2.24) is 0 Å². The summed E-state index contributed by atoms with van der Waals surface area (Å²) in [7, 11) is 0. The van der Waals surface area contributed by atoms with Crippen LogP contribution in [0.5, 0.6) is 0 Å². The molecule has 0 spiro atoms. The number of fused-ring (bicyclic) bond motifs is 2. The fraction of sp³-hybridized carbons (Fsp3) is 0.111. The Hall–Kier alpha value is -4.56. The Labute approximate surface area is 200 Å². The van der Waals surface area contributed by atoms with Gasteiger partial charge in [-0.3, -0.25) is 24.5 Å². The van der Waals surface area contributed by atoms with Crippen LogP contribution < -0.4 is 9.96 Å². The van der Waals surface area contributed by atoms with Gasteiger partial charge in [-0.15, -0.1) is 0 Å². The van der Waals surface area contributed by atoms with Crippen molar-refractivity contribution < 1.29 is 19.3 Å². The molecular formula is C27H19N3O5. The van der Waals surface area contributed by atoms with Gasteiger partial charge in [-0.05, 0) is 29.7 Å². The highest BCUT2D eigenvalue weighted by Crippen LogP contribution is 2.49. The minimum Gasteiger partial charge on any atom is -0.273 e. The molecule has 0 aliphatic carbocycles. The van der Waals surface area contributed by atoms with Gasteiger partial charge in [0.2, 0.25) is 5.91 Å². The number of imide groups is 1. The molecule has 2 heterocycles. The zero-order chi connectivity index (χ0) is 24.1. The molecule has 4 aromatic carbocycles. The summed E-state index contributed by atoms with van der Waals surface area (Å²) in [5.74, 6) is -1.89. The molecule has 8 nitrogen and oxygen atoms in total. The fourth-order valence-corrected chi connectivity index (χ4v) is 5.07. The van der Waals surface area contributed by atoms with Crippen LogP contribution >= 0.6 is 0 Å². The number of hydrogen-bond acceptors (Lipinski definition) is 6. The molecule has 2 amide bonds. The van der Waals surface area contributed by atoms with Crippen molar-refractivity contribution in [3.8, 4) is 0 Å². The average molecular weight is 465 g/mol. The molecule has 2 aliphatic rings. The van der Waals surface area contributed by atoms with E-state index in [0.717, 1.165) is 10.8 Å². The maximum atomic E-state index is 13.9. The Bertz CT molecular complexity index is 1480. The molecule has 6 rings (SSSR count). The Morgan fingerprint density at radius 2 is 1.46 bits per heavy atom. The van der Waals surface area contributed by atoms with E-state index in [4.69, 9.17) is 4.84 Å². The SMILES string of the molecule is O=C1[C@H]2[C@@H](ON(c3ccccc3)[C@H]2c2ccccc2[N+](=O)[O-])C(=O)N1c1cccc2ccccc12. The van der Waals surface area contributed by atoms with Gasteiger partial charge in [-0.2, -0.15) is 0 Å². The number of benzene rings is 4. The molecule has 2 fully saturated rings. The summed E-state index contributed by atoms with van der Waals surface area (Å²) < 4.78 is 0. The van der Waals surface area contributed by atoms with Gasteiger partial charge < -0.3 is 0 Å². The summed E-state index contributed by atoms with van der Waals surface area (Å²) in [5, 5.41) is 15.0. The molecule has 4 aromatic rings. The number of hydrogen-bond donors (Lipinski definition) is 0. The second-order valence-corrected chi connectivity index (χ2v) is 8.48. The third-order valence-corrected chi connectivity index (χ3v) is 6.59. The number of hydroxylamine groups is 1. The van der Waals surface area contributed by atoms with E-state index in [1.807, 2.05) is 36.4 Å². The van der Waals surface area contributed by atoms with Crippen LogP contribution in [0.2, 0.25) is 0 Å². The van der Waals surface area contributed by atoms with Gasteiger partial charge in [0.1, 0.15) is 12.0 Å². The van der Waals surface area contributed by atoms with Gasteiger partial charge in [-0.25, -0.2) is 9.96 Å². The highest BCUT2D eigenvalue weighted by molar-refractivity contribution is 6.26. The first-order chi connectivity index (χ1) is 17.1. The predicted molar refractivity (Wildman–Crippen MR) is 130 cm³/mol. The topological polar surface area (TPSA) is 93.0 Å². The van der Waals surface area contributed by atoms with Crippen molar-refractivity contribution in [3.63, 3.8) is 0 Å². The van der Waals surface area contributed by atoms with Crippen molar-refractivity contribution in [3.05, 3.63) is 113 Å². The van der Waals surface area contributed by atoms with Gasteiger partial charge in [0, 0.05) is 11.5 Å². The minimum atomic E-state index is -1.11. The summed E-state index contributed by atoms with van der Waals surface area (Å²) >= 11 is 0. The van der Waals surface area contributed by atoms with Crippen LogP contribution in [0.15, 0.2) is 97.1 Å². The van der Waals surface area contributed by atoms with Crippen LogP contribution in [-0.2, 0) is 14.4 Å². The van der Waals surface area contributed by atoms with Gasteiger partial charge in [0.15, 0.2) is 6.10 Å². The lowest BCUT2D eigenvalue weighted by atomic mass is 9.89. The smallest absolute Gasteiger partial charge is 0.273 e. The Morgan fingerprint density at radius 1 is 0.771 bits per heavy atom. The van der Waals surface area contributed by atoms with Crippen molar-refractivity contribution in [2.45, 2.75) is 12.1 Å². The molecule has 3 atom stereocenters. The molecule has 172 valence electrons. The lowest BCUT2D eigenvalue weighted by Crippen LogP contribution is -2.37. The maximum Gasteiger partial charge on any atom is 0.274 e. The zero-order valence-electron chi connectivity index (χ0n) is 18.4. The lowest BCUT2D eigenvalue weighted by Gasteiger charge is -2.28. The number of nitrogens with zero attached hydrogens (tertiary/aromatic N) is 3. The molecule has 0 aromatic heterocycles. The number of nitro benzene ring substituents is 1. The number of carbonyl (C=O) groups excluding carboxylic acids is 2. The normalized spacial score (nSPS) is 21.5. The van der Waals surface area contributed by atoms with E-state index in [2.05, 4.69) is 0 Å².